The van der Waals surface area contributed by atoms with Crippen molar-refractivity contribution in [3.8, 4) is 0 Å². The smallest absolute Gasteiger partial charge is 0.212 e. The van der Waals surface area contributed by atoms with Gasteiger partial charge in [-0.25, -0.2) is 4.98 Å². The lowest BCUT2D eigenvalue weighted by Gasteiger charge is -2.26. The molecule has 4 heteroatoms. The first-order valence-corrected chi connectivity index (χ1v) is 3.99. The van der Waals surface area contributed by atoms with Crippen LogP contribution in [0.15, 0.2) is 18.3 Å². The van der Waals surface area contributed by atoms with E-state index in [4.69, 9.17) is 10.5 Å². The summed E-state index contributed by atoms with van der Waals surface area (Å²) in [5.74, 6) is -0.501. The van der Waals surface area contributed by atoms with Crippen molar-refractivity contribution in [1.29, 1.82) is 0 Å². The minimum atomic E-state index is -0.583. The maximum Gasteiger partial charge on any atom is 0.212 e. The van der Waals surface area contributed by atoms with E-state index >= 15 is 0 Å². The molecule has 2 N–H and O–H groups in total. The first kappa shape index (κ1) is 10.1. The van der Waals surface area contributed by atoms with Gasteiger partial charge in [0.25, 0.3) is 0 Å². The molecule has 72 valence electrons. The fraction of sp³-hybridized carbons (Fsp3) is 0.444. The summed E-state index contributed by atoms with van der Waals surface area (Å²) < 4.78 is 17.7. The summed E-state index contributed by atoms with van der Waals surface area (Å²) >= 11 is 0. The first-order valence-electron chi connectivity index (χ1n) is 3.99. The van der Waals surface area contributed by atoms with Gasteiger partial charge in [0.2, 0.25) is 5.95 Å². The highest BCUT2D eigenvalue weighted by Gasteiger charge is 2.24. The van der Waals surface area contributed by atoms with Gasteiger partial charge in [0.05, 0.1) is 0 Å². The van der Waals surface area contributed by atoms with Gasteiger partial charge in [-0.1, -0.05) is 6.07 Å². The van der Waals surface area contributed by atoms with Crippen LogP contribution in [0.2, 0.25) is 0 Å². The molecule has 0 fully saturated rings. The Morgan fingerprint density at radius 2 is 2.31 bits per heavy atom. The molecule has 0 spiro atoms. The zero-order chi connectivity index (χ0) is 9.90. The number of halogens is 1. The lowest BCUT2D eigenvalue weighted by molar-refractivity contribution is 0.00971. The normalized spacial score (nSPS) is 15.4. The fourth-order valence-electron chi connectivity index (χ4n) is 1.01. The maximum atomic E-state index is 12.5. The van der Waals surface area contributed by atoms with Crippen molar-refractivity contribution in [2.45, 2.75) is 12.5 Å². The van der Waals surface area contributed by atoms with E-state index < -0.39 is 11.5 Å². The summed E-state index contributed by atoms with van der Waals surface area (Å²) in [6.07, 6.45) is 1.44. The number of nitrogens with zero attached hydrogens (tertiary/aromatic N) is 1. The van der Waals surface area contributed by atoms with E-state index in [-0.39, 0.29) is 0 Å². The summed E-state index contributed by atoms with van der Waals surface area (Å²) in [4.78, 5) is 3.54. The van der Waals surface area contributed by atoms with E-state index in [1.165, 1.54) is 12.3 Å². The van der Waals surface area contributed by atoms with E-state index in [9.17, 15) is 4.39 Å². The topological polar surface area (TPSA) is 48.1 Å². The Kier molecular flexibility index (Phi) is 2.95. The Morgan fingerprint density at radius 1 is 1.62 bits per heavy atom. The molecular formula is C9H13FN2O. The summed E-state index contributed by atoms with van der Waals surface area (Å²) in [7, 11) is 1.57. The second kappa shape index (κ2) is 3.81. The molecule has 0 saturated heterocycles. The van der Waals surface area contributed by atoms with Crippen LogP contribution in [0.1, 0.15) is 12.5 Å². The number of hydrogen-bond acceptors (Lipinski definition) is 3. The molecule has 0 radical (unpaired) electrons. The van der Waals surface area contributed by atoms with E-state index in [0.29, 0.717) is 6.54 Å². The number of aromatic nitrogens is 1. The van der Waals surface area contributed by atoms with Gasteiger partial charge in [-0.05, 0) is 13.0 Å². The lowest BCUT2D eigenvalue weighted by atomic mass is 9.98. The zero-order valence-electron chi connectivity index (χ0n) is 7.75. The van der Waals surface area contributed by atoms with E-state index in [0.717, 1.165) is 5.56 Å². The minimum absolute atomic E-state index is 0.330. The third-order valence-corrected chi connectivity index (χ3v) is 2.18. The standard InChI is InChI=1S/C9H13FN2O/c1-9(6-11,13-2)7-3-4-8(10)12-5-7/h3-5H,6,11H2,1-2H3. The average molecular weight is 184 g/mol. The largest absolute Gasteiger partial charge is 0.372 e. The Balaban J connectivity index is 2.99. The van der Waals surface area contributed by atoms with Crippen molar-refractivity contribution in [3.63, 3.8) is 0 Å². The summed E-state index contributed by atoms with van der Waals surface area (Å²) in [6.45, 7) is 2.17. The van der Waals surface area contributed by atoms with Crippen LogP contribution in [0.5, 0.6) is 0 Å². The predicted octanol–water partition coefficient (Wildman–Crippen LogP) is 1.04. The predicted molar refractivity (Wildman–Crippen MR) is 47.6 cm³/mol. The van der Waals surface area contributed by atoms with Crippen LogP contribution < -0.4 is 5.73 Å². The second-order valence-electron chi connectivity index (χ2n) is 3.01. The van der Waals surface area contributed by atoms with Crippen molar-refractivity contribution < 1.29 is 9.13 Å². The van der Waals surface area contributed by atoms with Gasteiger partial charge >= 0.3 is 0 Å². The van der Waals surface area contributed by atoms with Crippen molar-refractivity contribution in [2.75, 3.05) is 13.7 Å². The summed E-state index contributed by atoms with van der Waals surface area (Å²) in [6, 6.07) is 2.92. The van der Waals surface area contributed by atoms with Crippen molar-refractivity contribution >= 4 is 0 Å². The molecule has 0 aliphatic carbocycles. The van der Waals surface area contributed by atoms with Crippen LogP contribution in [-0.2, 0) is 10.3 Å². The molecule has 1 aromatic heterocycles. The number of nitrogens with two attached hydrogens (primary N) is 1. The number of hydrogen-bond donors (Lipinski definition) is 1. The van der Waals surface area contributed by atoms with Gasteiger partial charge in [-0.15, -0.1) is 0 Å². The molecule has 13 heavy (non-hydrogen) atoms. The Morgan fingerprint density at radius 3 is 2.69 bits per heavy atom. The molecule has 0 amide bonds. The van der Waals surface area contributed by atoms with Crippen LogP contribution in [0, 0.1) is 5.95 Å². The summed E-state index contributed by atoms with van der Waals surface area (Å²) in [5.41, 5.74) is 5.74. The monoisotopic (exact) mass is 184 g/mol. The molecule has 1 unspecified atom stereocenters. The molecule has 1 heterocycles. The molecule has 3 nitrogen and oxygen atoms in total. The van der Waals surface area contributed by atoms with Crippen LogP contribution in [-0.4, -0.2) is 18.6 Å². The molecule has 0 bridgehead atoms. The Bertz CT molecular complexity index is 269. The molecule has 1 aromatic rings. The molecule has 1 rings (SSSR count). The molecule has 0 aliphatic heterocycles. The highest BCUT2D eigenvalue weighted by atomic mass is 19.1. The lowest BCUT2D eigenvalue weighted by Crippen LogP contribution is -2.33. The van der Waals surface area contributed by atoms with Gasteiger partial charge in [0.15, 0.2) is 0 Å². The Hall–Kier alpha value is -1.00. The number of ether oxygens (including phenoxy) is 1. The number of rotatable bonds is 3. The maximum absolute atomic E-state index is 12.5. The quantitative estimate of drug-likeness (QED) is 0.714. The van der Waals surface area contributed by atoms with Gasteiger partial charge in [-0.2, -0.15) is 4.39 Å². The molecule has 0 saturated carbocycles. The van der Waals surface area contributed by atoms with Crippen LogP contribution in [0.25, 0.3) is 0 Å². The van der Waals surface area contributed by atoms with Crippen molar-refractivity contribution in [1.82, 2.24) is 4.98 Å². The van der Waals surface area contributed by atoms with Crippen LogP contribution in [0.4, 0.5) is 4.39 Å². The fourth-order valence-corrected chi connectivity index (χ4v) is 1.01. The van der Waals surface area contributed by atoms with Crippen molar-refractivity contribution in [2.24, 2.45) is 5.73 Å². The second-order valence-corrected chi connectivity index (χ2v) is 3.01. The molecule has 0 aliphatic rings. The number of methoxy groups -OCH3 is 1. The van der Waals surface area contributed by atoms with Gasteiger partial charge in [0.1, 0.15) is 5.60 Å². The average Bonchev–Trinajstić information content (AvgIpc) is 2.18. The van der Waals surface area contributed by atoms with Crippen LogP contribution >= 0.6 is 0 Å². The van der Waals surface area contributed by atoms with E-state index in [2.05, 4.69) is 4.98 Å². The van der Waals surface area contributed by atoms with Gasteiger partial charge < -0.3 is 10.5 Å². The SMILES string of the molecule is COC(C)(CN)c1ccc(F)nc1. The highest BCUT2D eigenvalue weighted by Crippen LogP contribution is 2.22. The van der Waals surface area contributed by atoms with E-state index in [1.54, 1.807) is 13.2 Å². The van der Waals surface area contributed by atoms with E-state index in [1.807, 2.05) is 6.92 Å². The highest BCUT2D eigenvalue weighted by molar-refractivity contribution is 5.18. The Labute approximate surface area is 76.7 Å². The molecule has 0 aromatic carbocycles. The minimum Gasteiger partial charge on any atom is -0.372 e. The first-order chi connectivity index (χ1) is 6.12. The van der Waals surface area contributed by atoms with Gasteiger partial charge in [-0.3, -0.25) is 0 Å². The third-order valence-electron chi connectivity index (χ3n) is 2.18. The summed E-state index contributed by atoms with van der Waals surface area (Å²) in [5, 5.41) is 0. The third kappa shape index (κ3) is 2.02. The zero-order valence-corrected chi connectivity index (χ0v) is 7.75. The molecule has 1 atom stereocenters. The van der Waals surface area contributed by atoms with Crippen LogP contribution in [0.3, 0.4) is 0 Å². The van der Waals surface area contributed by atoms with Gasteiger partial charge in [0, 0.05) is 25.4 Å². The number of pyridine rings is 1. The van der Waals surface area contributed by atoms with Crippen molar-refractivity contribution in [3.05, 3.63) is 29.8 Å². The molecular weight excluding hydrogens is 171 g/mol.